The zero-order valence-corrected chi connectivity index (χ0v) is 18.7. The Kier molecular flexibility index (Phi) is 6.64. The van der Waals surface area contributed by atoms with Gasteiger partial charge in [-0.1, -0.05) is 40.5 Å². The summed E-state index contributed by atoms with van der Waals surface area (Å²) in [5.74, 6) is 0.722. The summed E-state index contributed by atoms with van der Waals surface area (Å²) in [6.45, 7) is 9.73. The third-order valence-corrected chi connectivity index (χ3v) is 6.15. The van der Waals surface area contributed by atoms with Crippen molar-refractivity contribution in [2.75, 3.05) is 18.6 Å². The zero-order chi connectivity index (χ0) is 21.9. The molecule has 1 unspecified atom stereocenters. The number of carbonyl (C=O) groups is 1. The number of carboxylic acids is 1. The summed E-state index contributed by atoms with van der Waals surface area (Å²) >= 11 is 0. The lowest BCUT2D eigenvalue weighted by Gasteiger charge is -2.37. The number of benzene rings is 1. The van der Waals surface area contributed by atoms with Crippen LogP contribution in [0.1, 0.15) is 87.2 Å². The number of fused-ring (bicyclic) bond motifs is 1. The molecule has 1 aliphatic carbocycles. The van der Waals surface area contributed by atoms with Crippen LogP contribution in [0.3, 0.4) is 0 Å². The number of hydrogen-bond donors (Lipinski definition) is 1. The van der Waals surface area contributed by atoms with Crippen LogP contribution in [-0.4, -0.2) is 34.7 Å². The van der Waals surface area contributed by atoms with Gasteiger partial charge in [0.2, 0.25) is 5.95 Å². The SMILES string of the molecule is CCCCCOc1cc2c(cc1N(C)c1ncc(C(=O)O)cn1)C(C)CCC2(C)C. The number of unbranched alkanes of at least 4 members (excludes halogenated alkanes) is 2. The van der Waals surface area contributed by atoms with Crippen molar-refractivity contribution in [1.29, 1.82) is 0 Å². The molecular weight excluding hydrogens is 378 g/mol. The van der Waals surface area contributed by atoms with Crippen LogP contribution >= 0.6 is 0 Å². The van der Waals surface area contributed by atoms with Crippen molar-refractivity contribution in [2.45, 2.75) is 71.1 Å². The van der Waals surface area contributed by atoms with Crippen molar-refractivity contribution in [1.82, 2.24) is 9.97 Å². The molecule has 1 N–H and O–H groups in total. The van der Waals surface area contributed by atoms with Crippen LogP contribution in [0.5, 0.6) is 5.75 Å². The second-order valence-corrected chi connectivity index (χ2v) is 8.92. The molecule has 1 aromatic heterocycles. The average molecular weight is 412 g/mol. The predicted octanol–water partition coefficient (Wildman–Crippen LogP) is 5.69. The van der Waals surface area contributed by atoms with Crippen molar-refractivity contribution < 1.29 is 14.6 Å². The minimum Gasteiger partial charge on any atom is -0.491 e. The van der Waals surface area contributed by atoms with Gasteiger partial charge < -0.3 is 14.7 Å². The number of anilines is 2. The van der Waals surface area contributed by atoms with Gasteiger partial charge >= 0.3 is 5.97 Å². The molecule has 0 saturated carbocycles. The molecule has 6 heteroatoms. The third kappa shape index (κ3) is 4.58. The summed E-state index contributed by atoms with van der Waals surface area (Å²) < 4.78 is 6.25. The summed E-state index contributed by atoms with van der Waals surface area (Å²) in [4.78, 5) is 21.5. The van der Waals surface area contributed by atoms with Crippen LogP contribution in [0, 0.1) is 0 Å². The summed E-state index contributed by atoms with van der Waals surface area (Å²) in [5.41, 5.74) is 3.80. The molecular formula is C24H33N3O3. The summed E-state index contributed by atoms with van der Waals surface area (Å²) in [6, 6.07) is 4.42. The number of aromatic carboxylic acids is 1. The topological polar surface area (TPSA) is 75.5 Å². The molecule has 0 aliphatic heterocycles. The van der Waals surface area contributed by atoms with Crippen LogP contribution in [-0.2, 0) is 5.41 Å². The first-order valence-electron chi connectivity index (χ1n) is 10.8. The largest absolute Gasteiger partial charge is 0.491 e. The molecule has 2 aromatic rings. The first-order valence-corrected chi connectivity index (χ1v) is 10.8. The number of aromatic nitrogens is 2. The van der Waals surface area contributed by atoms with Gasteiger partial charge in [-0.2, -0.15) is 0 Å². The highest BCUT2D eigenvalue weighted by Gasteiger charge is 2.33. The van der Waals surface area contributed by atoms with Gasteiger partial charge in [-0.15, -0.1) is 0 Å². The predicted molar refractivity (Wildman–Crippen MR) is 119 cm³/mol. The van der Waals surface area contributed by atoms with Gasteiger partial charge in [0.1, 0.15) is 5.75 Å². The lowest BCUT2D eigenvalue weighted by molar-refractivity contribution is 0.0696. The fourth-order valence-corrected chi connectivity index (χ4v) is 4.07. The number of carboxylic acid groups (broad SMARTS) is 1. The molecule has 1 heterocycles. The van der Waals surface area contributed by atoms with Gasteiger partial charge in [0.25, 0.3) is 0 Å². The Morgan fingerprint density at radius 3 is 2.60 bits per heavy atom. The van der Waals surface area contributed by atoms with E-state index in [9.17, 15) is 4.79 Å². The summed E-state index contributed by atoms with van der Waals surface area (Å²) in [5, 5.41) is 9.11. The molecule has 0 bridgehead atoms. The van der Waals surface area contributed by atoms with Crippen molar-refractivity contribution >= 4 is 17.6 Å². The highest BCUT2D eigenvalue weighted by atomic mass is 16.5. The second kappa shape index (κ2) is 9.02. The van der Waals surface area contributed by atoms with E-state index in [-0.39, 0.29) is 11.0 Å². The molecule has 30 heavy (non-hydrogen) atoms. The van der Waals surface area contributed by atoms with Crippen LogP contribution in [0.25, 0.3) is 0 Å². The maximum atomic E-state index is 11.1. The van der Waals surface area contributed by atoms with Crippen molar-refractivity contribution in [2.24, 2.45) is 0 Å². The van der Waals surface area contributed by atoms with Crippen LogP contribution in [0.15, 0.2) is 24.5 Å². The van der Waals surface area contributed by atoms with E-state index in [2.05, 4.69) is 49.8 Å². The smallest absolute Gasteiger partial charge is 0.338 e. The van der Waals surface area contributed by atoms with E-state index in [0.29, 0.717) is 18.5 Å². The molecule has 0 fully saturated rings. The number of hydrogen-bond acceptors (Lipinski definition) is 5. The fraction of sp³-hybridized carbons (Fsp3) is 0.542. The Bertz CT molecular complexity index is 893. The minimum atomic E-state index is -1.03. The van der Waals surface area contributed by atoms with Crippen molar-refractivity contribution in [3.8, 4) is 5.75 Å². The fourth-order valence-electron chi connectivity index (χ4n) is 4.07. The molecule has 162 valence electrons. The van der Waals surface area contributed by atoms with Crippen LogP contribution in [0.2, 0.25) is 0 Å². The van der Waals surface area contributed by atoms with Crippen LogP contribution < -0.4 is 9.64 Å². The van der Waals surface area contributed by atoms with Gasteiger partial charge in [0.15, 0.2) is 0 Å². The van der Waals surface area contributed by atoms with Gasteiger partial charge in [-0.05, 0) is 53.9 Å². The van der Waals surface area contributed by atoms with E-state index < -0.39 is 5.97 Å². The molecule has 1 aromatic carbocycles. The van der Waals surface area contributed by atoms with E-state index in [0.717, 1.165) is 43.5 Å². The van der Waals surface area contributed by atoms with E-state index in [1.807, 2.05) is 11.9 Å². The lowest BCUT2D eigenvalue weighted by atomic mass is 9.69. The summed E-state index contributed by atoms with van der Waals surface area (Å²) in [7, 11) is 1.90. The Morgan fingerprint density at radius 1 is 1.27 bits per heavy atom. The second-order valence-electron chi connectivity index (χ2n) is 8.92. The van der Waals surface area contributed by atoms with Gasteiger partial charge in [-0.3, -0.25) is 0 Å². The average Bonchev–Trinajstić information content (AvgIpc) is 2.73. The Labute approximate surface area is 179 Å². The number of nitrogens with zero attached hydrogens (tertiary/aromatic N) is 3. The molecule has 0 radical (unpaired) electrons. The molecule has 0 amide bonds. The Hall–Kier alpha value is -2.63. The van der Waals surface area contributed by atoms with Gasteiger partial charge in [-0.25, -0.2) is 14.8 Å². The Morgan fingerprint density at radius 2 is 1.97 bits per heavy atom. The first-order chi connectivity index (χ1) is 14.2. The van der Waals surface area contributed by atoms with Crippen molar-refractivity contribution in [3.05, 3.63) is 41.2 Å². The molecule has 1 atom stereocenters. The molecule has 3 rings (SSSR count). The standard InChI is InChI=1S/C24H33N3O3/c1-6-7-8-11-30-21-13-19-18(16(2)9-10-24(19,3)4)12-20(21)27(5)23-25-14-17(15-26-23)22(28)29/h12-16H,6-11H2,1-5H3,(H,28,29). The monoisotopic (exact) mass is 411 g/mol. The lowest BCUT2D eigenvalue weighted by Crippen LogP contribution is -2.26. The minimum absolute atomic E-state index is 0.0731. The molecule has 6 nitrogen and oxygen atoms in total. The maximum absolute atomic E-state index is 11.1. The van der Waals surface area contributed by atoms with Crippen molar-refractivity contribution in [3.63, 3.8) is 0 Å². The zero-order valence-electron chi connectivity index (χ0n) is 18.7. The molecule has 0 saturated heterocycles. The van der Waals surface area contributed by atoms with Gasteiger partial charge in [0, 0.05) is 19.4 Å². The first kappa shape index (κ1) is 22.1. The highest BCUT2D eigenvalue weighted by Crippen LogP contribution is 2.47. The number of rotatable bonds is 8. The quantitative estimate of drug-likeness (QED) is 0.563. The normalized spacial score (nSPS) is 17.3. The highest BCUT2D eigenvalue weighted by molar-refractivity contribution is 5.86. The summed E-state index contributed by atoms with van der Waals surface area (Å²) in [6.07, 6.45) is 8.29. The van der Waals surface area contributed by atoms with Crippen LogP contribution in [0.4, 0.5) is 11.6 Å². The number of ether oxygens (including phenoxy) is 1. The maximum Gasteiger partial charge on any atom is 0.338 e. The Balaban J connectivity index is 2.01. The van der Waals surface area contributed by atoms with E-state index in [1.165, 1.54) is 23.5 Å². The van der Waals surface area contributed by atoms with E-state index in [1.54, 1.807) is 0 Å². The van der Waals surface area contributed by atoms with Gasteiger partial charge in [0.05, 0.1) is 17.9 Å². The van der Waals surface area contributed by atoms with E-state index in [4.69, 9.17) is 9.84 Å². The molecule has 1 aliphatic rings. The van der Waals surface area contributed by atoms with E-state index >= 15 is 0 Å². The molecule has 0 spiro atoms. The third-order valence-electron chi connectivity index (χ3n) is 6.15.